The largest absolute Gasteiger partial charge is 0.603 e. The normalized spacial score (nSPS) is 12.5. The summed E-state index contributed by atoms with van der Waals surface area (Å²) in [4.78, 5) is 22.3. The summed E-state index contributed by atoms with van der Waals surface area (Å²) >= 11 is 0. The number of nitrogens with one attached hydrogen (secondary N) is 1. The van der Waals surface area contributed by atoms with Gasteiger partial charge in [-0.2, -0.15) is 4.52 Å². The zero-order valence-electron chi connectivity index (χ0n) is 11.3. The third kappa shape index (κ3) is 7.19. The minimum Gasteiger partial charge on any atom is -0.603 e. The van der Waals surface area contributed by atoms with E-state index in [-0.39, 0.29) is 0 Å². The van der Waals surface area contributed by atoms with Gasteiger partial charge in [0.05, 0.1) is 6.54 Å². The van der Waals surface area contributed by atoms with Gasteiger partial charge in [0.15, 0.2) is 0 Å². The van der Waals surface area contributed by atoms with Crippen LogP contribution in [0.1, 0.15) is 19.4 Å². The molecule has 1 rings (SSSR count). The predicted octanol–water partition coefficient (Wildman–Crippen LogP) is 1.49. The monoisotopic (exact) mass is 281 g/mol. The summed E-state index contributed by atoms with van der Waals surface area (Å²) in [5.41, 5.74) is 0.596. The Bertz CT molecular complexity index is 418. The maximum Gasteiger partial charge on any atom is 0.218 e. The van der Waals surface area contributed by atoms with Gasteiger partial charge < -0.3 is 15.0 Å². The molecule has 0 aliphatic rings. The molecular weight excluding hydrogens is 261 g/mol. The van der Waals surface area contributed by atoms with Crippen molar-refractivity contribution >= 4 is 20.1 Å². The molecule has 0 radical (unpaired) electrons. The summed E-state index contributed by atoms with van der Waals surface area (Å²) in [6, 6.07) is 9.60. The van der Waals surface area contributed by atoms with Crippen molar-refractivity contribution in [1.82, 2.24) is 5.32 Å². The lowest BCUT2D eigenvalue weighted by Crippen LogP contribution is -2.31. The van der Waals surface area contributed by atoms with Gasteiger partial charge in [-0.05, 0) is 5.56 Å². The Balaban J connectivity index is 2.24. The van der Waals surface area contributed by atoms with Gasteiger partial charge in [-0.15, -0.1) is 0 Å². The van der Waals surface area contributed by atoms with Gasteiger partial charge in [0.1, 0.15) is 18.7 Å². The van der Waals surface area contributed by atoms with E-state index in [0.29, 0.717) is 19.7 Å². The van der Waals surface area contributed by atoms with E-state index in [1.54, 1.807) is 5.80 Å². The fourth-order valence-electron chi connectivity index (χ4n) is 1.34. The minimum absolute atomic E-state index is 0.340. The minimum atomic E-state index is -1.78. The van der Waals surface area contributed by atoms with Crippen LogP contribution in [-0.4, -0.2) is 25.2 Å². The molecule has 1 atom stereocenters. The second-order valence-corrected chi connectivity index (χ2v) is 6.16. The fourth-order valence-corrected chi connectivity index (χ4v) is 2.00. The van der Waals surface area contributed by atoms with Crippen LogP contribution in [0.5, 0.6) is 0 Å². The van der Waals surface area contributed by atoms with Crippen LogP contribution in [0, 0.1) is 5.41 Å². The van der Waals surface area contributed by atoms with Crippen molar-refractivity contribution in [3.63, 3.8) is 0 Å². The van der Waals surface area contributed by atoms with Crippen LogP contribution in [0.3, 0.4) is 0 Å². The molecule has 4 nitrogen and oxygen atoms in total. The molecule has 5 heteroatoms. The van der Waals surface area contributed by atoms with E-state index < -0.39 is 13.4 Å². The highest BCUT2D eigenvalue weighted by molar-refractivity contribution is 7.44. The Kier molecular flexibility index (Phi) is 6.89. The lowest BCUT2D eigenvalue weighted by Gasteiger charge is -2.15. The SMILES string of the molecule is CC(C)(C=O)CNCC=[P+]([O-])OCc1ccccc1. The predicted molar refractivity (Wildman–Crippen MR) is 76.9 cm³/mol. The van der Waals surface area contributed by atoms with Crippen LogP contribution in [-0.2, 0) is 15.9 Å². The average Bonchev–Trinajstić information content (AvgIpc) is 2.42. The van der Waals surface area contributed by atoms with Gasteiger partial charge >= 0.3 is 0 Å². The molecule has 1 aromatic rings. The smallest absolute Gasteiger partial charge is 0.218 e. The molecule has 1 N–H and O–H groups in total. The molecule has 0 saturated heterocycles. The van der Waals surface area contributed by atoms with E-state index in [4.69, 9.17) is 4.52 Å². The average molecular weight is 281 g/mol. The number of carbonyl (C=O) groups excluding carboxylic acids is 1. The maximum atomic E-state index is 11.6. The molecule has 19 heavy (non-hydrogen) atoms. The van der Waals surface area contributed by atoms with E-state index in [0.717, 1.165) is 11.8 Å². The molecule has 1 aromatic carbocycles. The van der Waals surface area contributed by atoms with E-state index in [1.807, 2.05) is 44.2 Å². The quantitative estimate of drug-likeness (QED) is 0.445. The van der Waals surface area contributed by atoms with Crippen molar-refractivity contribution in [3.8, 4) is 0 Å². The van der Waals surface area contributed by atoms with Crippen LogP contribution in [0.15, 0.2) is 30.3 Å². The molecule has 0 heterocycles. The number of rotatable bonds is 8. The van der Waals surface area contributed by atoms with Crippen molar-refractivity contribution in [3.05, 3.63) is 35.9 Å². The van der Waals surface area contributed by atoms with Crippen LogP contribution in [0.4, 0.5) is 0 Å². The lowest BCUT2D eigenvalue weighted by molar-refractivity contribution is -0.172. The van der Waals surface area contributed by atoms with E-state index in [9.17, 15) is 9.69 Å². The number of aldehydes is 1. The molecule has 0 spiro atoms. The first kappa shape index (κ1) is 16.0. The molecule has 1 unspecified atom stereocenters. The summed E-state index contributed by atoms with van der Waals surface area (Å²) in [5.74, 6) is 1.58. The number of benzene rings is 1. The van der Waals surface area contributed by atoms with E-state index in [1.165, 1.54) is 0 Å². The van der Waals surface area contributed by atoms with Crippen LogP contribution in [0.25, 0.3) is 0 Å². The zero-order valence-corrected chi connectivity index (χ0v) is 12.2. The lowest BCUT2D eigenvalue weighted by atomic mass is 9.96. The summed E-state index contributed by atoms with van der Waals surface area (Å²) in [6.07, 6.45) is 0.909. The Labute approximate surface area is 115 Å². The van der Waals surface area contributed by atoms with Crippen LogP contribution in [0.2, 0.25) is 0 Å². The highest BCUT2D eigenvalue weighted by atomic mass is 31.1. The van der Waals surface area contributed by atoms with Crippen molar-refractivity contribution in [2.75, 3.05) is 13.1 Å². The van der Waals surface area contributed by atoms with Crippen molar-refractivity contribution in [1.29, 1.82) is 0 Å². The number of hydrogen-bond donors (Lipinski definition) is 1. The van der Waals surface area contributed by atoms with Gasteiger partial charge in [-0.1, -0.05) is 44.2 Å². The second kappa shape index (κ2) is 8.18. The standard InChI is InChI=1S/C14H20NO3P/c1-14(2,12-16)11-15-8-9-19(17)18-10-13-6-4-3-5-7-13/h3-7,9,12,15H,8,10-11H2,1-2H3. The van der Waals surface area contributed by atoms with Crippen LogP contribution >= 0.6 is 8.00 Å². The van der Waals surface area contributed by atoms with Gasteiger partial charge in [0.25, 0.3) is 0 Å². The maximum absolute atomic E-state index is 11.6. The first-order valence-corrected chi connectivity index (χ1v) is 7.42. The molecule has 0 aliphatic heterocycles. The van der Waals surface area contributed by atoms with Gasteiger partial charge in [-0.3, -0.25) is 0 Å². The zero-order chi connectivity index (χ0) is 14.1. The van der Waals surface area contributed by atoms with Crippen molar-refractivity contribution < 1.29 is 14.2 Å². The summed E-state index contributed by atoms with van der Waals surface area (Å²) in [7, 11) is -1.78. The molecule has 0 amide bonds. The third-order valence-corrected chi connectivity index (χ3v) is 3.35. The van der Waals surface area contributed by atoms with Gasteiger partial charge in [0, 0.05) is 12.0 Å². The fraction of sp³-hybridized carbons (Fsp3) is 0.429. The third-order valence-electron chi connectivity index (χ3n) is 2.49. The number of hydrogen-bond acceptors (Lipinski definition) is 4. The van der Waals surface area contributed by atoms with E-state index in [2.05, 4.69) is 5.32 Å². The molecule has 104 valence electrons. The topological polar surface area (TPSA) is 61.4 Å². The molecule has 0 bridgehead atoms. The van der Waals surface area contributed by atoms with Gasteiger partial charge in [0.2, 0.25) is 8.00 Å². The number of carbonyl (C=O) groups is 1. The highest BCUT2D eigenvalue weighted by Gasteiger charge is 2.15. The molecule has 0 saturated carbocycles. The molecular formula is C14H20NO3P. The van der Waals surface area contributed by atoms with E-state index >= 15 is 0 Å². The Morgan fingerprint density at radius 2 is 2.05 bits per heavy atom. The van der Waals surface area contributed by atoms with Crippen molar-refractivity contribution in [2.45, 2.75) is 20.5 Å². The Hall–Kier alpha value is -1.06. The first-order valence-electron chi connectivity index (χ1n) is 6.17. The second-order valence-electron chi connectivity index (χ2n) is 4.96. The first-order chi connectivity index (χ1) is 9.03. The highest BCUT2D eigenvalue weighted by Crippen LogP contribution is 2.15. The van der Waals surface area contributed by atoms with Crippen LogP contribution < -0.4 is 10.2 Å². The summed E-state index contributed by atoms with van der Waals surface area (Å²) < 4.78 is 5.23. The summed E-state index contributed by atoms with van der Waals surface area (Å²) in [5, 5.41) is 3.06. The van der Waals surface area contributed by atoms with Crippen molar-refractivity contribution in [2.24, 2.45) is 5.41 Å². The molecule has 0 aliphatic carbocycles. The Morgan fingerprint density at radius 1 is 1.37 bits per heavy atom. The Morgan fingerprint density at radius 3 is 2.68 bits per heavy atom. The molecule has 0 fully saturated rings. The summed E-state index contributed by atoms with van der Waals surface area (Å²) in [6.45, 7) is 5.04. The molecule has 0 aromatic heterocycles. The van der Waals surface area contributed by atoms with Gasteiger partial charge in [-0.25, -0.2) is 0 Å².